The highest BCUT2D eigenvalue weighted by atomic mass is 16.7. The zero-order valence-electron chi connectivity index (χ0n) is 47.7. The van der Waals surface area contributed by atoms with Crippen LogP contribution in [0.5, 0.6) is 0 Å². The van der Waals surface area contributed by atoms with E-state index in [0.29, 0.717) is 17.4 Å². The van der Waals surface area contributed by atoms with Crippen molar-refractivity contribution in [3.63, 3.8) is 0 Å². The normalized spacial score (nSPS) is 13.7. The molecule has 0 aromatic rings. The summed E-state index contributed by atoms with van der Waals surface area (Å²) in [6.45, 7) is 4.58. The first-order chi connectivity index (χ1) is 36.1. The molecular weight excluding hydrogens is 923 g/mol. The molecule has 0 heterocycles. The molecule has 2 atom stereocenters. The Morgan fingerprint density at radius 2 is 0.770 bits per heavy atom. The summed E-state index contributed by atoms with van der Waals surface area (Å²) >= 11 is 0. The van der Waals surface area contributed by atoms with Gasteiger partial charge in [-0.25, -0.2) is 0 Å². The number of carbonyl (C=O) groups excluding carboxylic acids is 3. The number of carboxylic acid groups (broad SMARTS) is 1. The number of quaternary nitrogens is 1. The number of unbranched alkanes of at least 4 members (excludes halogenated alkanes) is 17. The summed E-state index contributed by atoms with van der Waals surface area (Å²) < 4.78 is 22.6. The van der Waals surface area contributed by atoms with Gasteiger partial charge in [-0.2, -0.15) is 0 Å². The first kappa shape index (κ1) is 69.7. The first-order valence-electron chi connectivity index (χ1n) is 29.2. The molecule has 0 aliphatic heterocycles. The van der Waals surface area contributed by atoms with Crippen LogP contribution >= 0.6 is 0 Å². The van der Waals surface area contributed by atoms with E-state index in [2.05, 4.69) is 135 Å². The van der Waals surface area contributed by atoms with Crippen LogP contribution in [-0.2, 0) is 33.3 Å². The molecule has 0 saturated heterocycles. The second-order valence-corrected chi connectivity index (χ2v) is 20.2. The van der Waals surface area contributed by atoms with E-state index in [1.54, 1.807) is 0 Å². The fourth-order valence-corrected chi connectivity index (χ4v) is 7.46. The Balaban J connectivity index is 4.25. The summed E-state index contributed by atoms with van der Waals surface area (Å²) in [5.74, 6) is -2.32. The molecule has 0 radical (unpaired) electrons. The minimum Gasteiger partial charge on any atom is -0.545 e. The molecule has 2 unspecified atom stereocenters. The van der Waals surface area contributed by atoms with Gasteiger partial charge in [0.25, 0.3) is 0 Å². The van der Waals surface area contributed by atoms with E-state index >= 15 is 0 Å². The van der Waals surface area contributed by atoms with Gasteiger partial charge in [0.05, 0.1) is 40.3 Å². The Morgan fingerprint density at radius 3 is 1.16 bits per heavy atom. The third kappa shape index (κ3) is 55.4. The van der Waals surface area contributed by atoms with E-state index < -0.39 is 24.3 Å². The van der Waals surface area contributed by atoms with Gasteiger partial charge in [-0.3, -0.25) is 9.59 Å². The number of ether oxygens (including phenoxy) is 4. The molecule has 0 aliphatic carbocycles. The molecule has 0 aromatic heterocycles. The van der Waals surface area contributed by atoms with Crippen LogP contribution in [0, 0.1) is 0 Å². The maximum absolute atomic E-state index is 12.9. The van der Waals surface area contributed by atoms with Gasteiger partial charge in [0.1, 0.15) is 13.2 Å². The number of rotatable bonds is 52. The topological polar surface area (TPSA) is 111 Å². The smallest absolute Gasteiger partial charge is 0.306 e. The monoisotopic (exact) mass is 1030 g/mol. The van der Waals surface area contributed by atoms with Crippen molar-refractivity contribution in [1.29, 1.82) is 0 Å². The van der Waals surface area contributed by atoms with Gasteiger partial charge in [0, 0.05) is 12.8 Å². The minimum atomic E-state index is -1.63. The van der Waals surface area contributed by atoms with Crippen molar-refractivity contribution < 1.29 is 42.9 Å². The highest BCUT2D eigenvalue weighted by molar-refractivity contribution is 5.70. The van der Waals surface area contributed by atoms with Crippen LogP contribution in [0.4, 0.5) is 0 Å². The average molecular weight is 1030 g/mol. The van der Waals surface area contributed by atoms with Crippen LogP contribution in [0.1, 0.15) is 213 Å². The van der Waals surface area contributed by atoms with Crippen LogP contribution in [0.25, 0.3) is 0 Å². The van der Waals surface area contributed by atoms with Crippen LogP contribution < -0.4 is 5.11 Å². The Labute approximate surface area is 453 Å². The quantitative estimate of drug-likeness (QED) is 0.0195. The maximum Gasteiger partial charge on any atom is 0.306 e. The third-order valence-corrected chi connectivity index (χ3v) is 11.9. The fourth-order valence-electron chi connectivity index (χ4n) is 7.46. The predicted molar refractivity (Wildman–Crippen MR) is 310 cm³/mol. The number of likely N-dealkylation sites (N-methyl/N-ethyl adjacent to an activating group) is 1. The van der Waals surface area contributed by atoms with Crippen molar-refractivity contribution in [3.8, 4) is 0 Å². The van der Waals surface area contributed by atoms with Crippen LogP contribution in [-0.4, -0.2) is 82.3 Å². The zero-order chi connectivity index (χ0) is 54.1. The standard InChI is InChI=1S/C65H107NO8/c1-6-8-10-12-14-16-18-20-22-23-24-25-26-27-28-29-30-31-32-33-34-35-36-37-38-39-40-41-42-44-46-48-50-52-54-56-63(68)74-61(60-73-65(64(69)70)71-58-57-66(3,4)5)59-72-62(67)55-53-51-49-47-45-43-21-19-17-15-13-11-9-7-2/h8,10,14,16,19-22,24-25,27-28,30-31,33-34,36-37,39-40,61,65H,6-7,9,11-13,15,17-18,23,26,29,32,35,38,41-60H2,1-5H3/b10-8-,16-14-,21-19-,22-20-,25-24-,28-27-,31-30-,34-33-,37-36-,40-39-. The van der Waals surface area contributed by atoms with Gasteiger partial charge in [0.2, 0.25) is 0 Å². The number of nitrogens with zero attached hydrogens (tertiary/aromatic N) is 1. The van der Waals surface area contributed by atoms with E-state index in [1.807, 2.05) is 21.1 Å². The Bertz CT molecular complexity index is 1620. The lowest BCUT2D eigenvalue weighted by atomic mass is 10.1. The lowest BCUT2D eigenvalue weighted by molar-refractivity contribution is -0.870. The molecule has 420 valence electrons. The number of hydrogen-bond donors (Lipinski definition) is 0. The van der Waals surface area contributed by atoms with Crippen LogP contribution in [0.15, 0.2) is 122 Å². The average Bonchev–Trinajstić information content (AvgIpc) is 3.37. The highest BCUT2D eigenvalue weighted by Crippen LogP contribution is 2.14. The van der Waals surface area contributed by atoms with E-state index in [-0.39, 0.29) is 38.6 Å². The Hall–Kier alpha value is -4.31. The number of esters is 2. The summed E-state index contributed by atoms with van der Waals surface area (Å²) in [7, 11) is 5.90. The molecule has 0 aliphatic rings. The molecule has 0 aromatic carbocycles. The molecule has 0 saturated carbocycles. The summed E-state index contributed by atoms with van der Waals surface area (Å²) in [6, 6.07) is 0. The molecule has 9 heteroatoms. The van der Waals surface area contributed by atoms with Crippen molar-refractivity contribution in [2.45, 2.75) is 225 Å². The largest absolute Gasteiger partial charge is 0.545 e. The second kappa shape index (κ2) is 54.9. The molecular formula is C65H107NO8. The van der Waals surface area contributed by atoms with Crippen molar-refractivity contribution in [1.82, 2.24) is 0 Å². The molecule has 0 bridgehead atoms. The van der Waals surface area contributed by atoms with Gasteiger partial charge < -0.3 is 33.3 Å². The van der Waals surface area contributed by atoms with Crippen molar-refractivity contribution >= 4 is 17.9 Å². The first-order valence-corrected chi connectivity index (χ1v) is 29.2. The van der Waals surface area contributed by atoms with Crippen molar-refractivity contribution in [2.75, 3.05) is 47.5 Å². The summed E-state index contributed by atoms with van der Waals surface area (Å²) in [5.41, 5.74) is 0. The lowest BCUT2D eigenvalue weighted by Gasteiger charge is -2.26. The Morgan fingerprint density at radius 1 is 0.419 bits per heavy atom. The van der Waals surface area contributed by atoms with Crippen molar-refractivity contribution in [3.05, 3.63) is 122 Å². The number of hydrogen-bond acceptors (Lipinski definition) is 8. The Kier molecular flexibility index (Phi) is 51.7. The molecule has 0 fully saturated rings. The summed E-state index contributed by atoms with van der Waals surface area (Å²) in [5, 5.41) is 11.8. The van der Waals surface area contributed by atoms with Crippen molar-refractivity contribution in [2.24, 2.45) is 0 Å². The number of carbonyl (C=O) groups is 3. The molecule has 0 amide bonds. The van der Waals surface area contributed by atoms with Gasteiger partial charge in [-0.05, 0) is 109 Å². The predicted octanol–water partition coefficient (Wildman–Crippen LogP) is 16.0. The minimum absolute atomic E-state index is 0.138. The van der Waals surface area contributed by atoms with Gasteiger partial charge in [-0.15, -0.1) is 0 Å². The molecule has 74 heavy (non-hydrogen) atoms. The molecule has 0 spiro atoms. The number of carboxylic acids is 1. The van der Waals surface area contributed by atoms with E-state index in [9.17, 15) is 19.5 Å². The SMILES string of the molecule is CC/C=C\C/C=C\C/C=C\C/C=C\C/C=C\C/C=C\C/C=C\C/C=C\C/C=C\CCCCCCCCCC(=O)OC(COC(=O)CCCCCCC/C=C\CCCCCCC)COC(OCC[N+](C)(C)C)C(=O)[O-]. The maximum atomic E-state index is 12.9. The number of aliphatic carboxylic acids is 1. The van der Waals surface area contributed by atoms with Crippen LogP contribution in [0.3, 0.4) is 0 Å². The molecule has 0 N–H and O–H groups in total. The summed E-state index contributed by atoms with van der Waals surface area (Å²) in [6.07, 6.45) is 73.9. The molecule has 9 nitrogen and oxygen atoms in total. The third-order valence-electron chi connectivity index (χ3n) is 11.9. The second-order valence-electron chi connectivity index (χ2n) is 20.2. The van der Waals surface area contributed by atoms with E-state index in [4.69, 9.17) is 18.9 Å². The van der Waals surface area contributed by atoms with Gasteiger partial charge >= 0.3 is 11.9 Å². The highest BCUT2D eigenvalue weighted by Gasteiger charge is 2.22. The van der Waals surface area contributed by atoms with Gasteiger partial charge in [0.15, 0.2) is 12.4 Å². The fraction of sp³-hybridized carbons (Fsp3) is 0.646. The zero-order valence-corrected chi connectivity index (χ0v) is 47.7. The van der Waals surface area contributed by atoms with E-state index in [1.165, 1.54) is 57.8 Å². The van der Waals surface area contributed by atoms with E-state index in [0.717, 1.165) is 122 Å². The number of allylic oxidation sites excluding steroid dienone is 20. The summed E-state index contributed by atoms with van der Waals surface area (Å²) in [4.78, 5) is 37.2. The van der Waals surface area contributed by atoms with Gasteiger partial charge in [-0.1, -0.05) is 212 Å². The lowest BCUT2D eigenvalue weighted by Crippen LogP contribution is -2.44. The van der Waals surface area contributed by atoms with Crippen LogP contribution in [0.2, 0.25) is 0 Å². The molecule has 0 rings (SSSR count).